The van der Waals surface area contributed by atoms with E-state index < -0.39 is 0 Å². The molecule has 1 heterocycles. The van der Waals surface area contributed by atoms with Crippen LogP contribution in [-0.2, 0) is 6.42 Å². The van der Waals surface area contributed by atoms with Crippen molar-refractivity contribution >= 4 is 5.69 Å². The zero-order valence-electron chi connectivity index (χ0n) is 9.76. The zero-order valence-corrected chi connectivity index (χ0v) is 9.76. The van der Waals surface area contributed by atoms with E-state index in [0.29, 0.717) is 24.1 Å². The molecule has 1 saturated carbocycles. The first-order chi connectivity index (χ1) is 8.22. The highest BCUT2D eigenvalue weighted by Crippen LogP contribution is 2.45. The molecule has 2 N–H and O–H groups in total. The molecule has 2 aromatic rings. The second-order valence-corrected chi connectivity index (χ2v) is 4.78. The molecule has 17 heavy (non-hydrogen) atoms. The lowest BCUT2D eigenvalue weighted by atomic mass is 10.1. The van der Waals surface area contributed by atoms with E-state index in [9.17, 15) is 0 Å². The van der Waals surface area contributed by atoms with Crippen LogP contribution in [0, 0.1) is 5.92 Å². The molecular weight excluding hydrogens is 214 g/mol. The molecule has 1 aliphatic rings. The summed E-state index contributed by atoms with van der Waals surface area (Å²) in [5.74, 6) is 2.77. The summed E-state index contributed by atoms with van der Waals surface area (Å²) in [6.07, 6.45) is 1.86. The van der Waals surface area contributed by atoms with Crippen molar-refractivity contribution in [1.82, 2.24) is 10.1 Å². The number of anilines is 1. The molecule has 4 nitrogen and oxygen atoms in total. The van der Waals surface area contributed by atoms with Gasteiger partial charge in [-0.3, -0.25) is 0 Å². The lowest BCUT2D eigenvalue weighted by Gasteiger charge is -1.96. The third kappa shape index (κ3) is 2.16. The van der Waals surface area contributed by atoms with Crippen molar-refractivity contribution in [3.8, 4) is 0 Å². The van der Waals surface area contributed by atoms with Gasteiger partial charge in [-0.15, -0.1) is 0 Å². The highest BCUT2D eigenvalue weighted by Gasteiger charge is 2.37. The summed E-state index contributed by atoms with van der Waals surface area (Å²) >= 11 is 0. The smallest absolute Gasteiger partial charge is 0.231 e. The summed E-state index contributed by atoms with van der Waals surface area (Å²) in [7, 11) is 0. The SMILES string of the molecule is CC1CC1c1noc(Cc2ccc(N)cc2)n1. The molecular formula is C13H15N3O. The molecule has 0 radical (unpaired) electrons. The van der Waals surface area contributed by atoms with E-state index in [4.69, 9.17) is 10.3 Å². The summed E-state index contributed by atoms with van der Waals surface area (Å²) < 4.78 is 5.26. The van der Waals surface area contributed by atoms with Gasteiger partial charge in [0.2, 0.25) is 5.89 Å². The maximum absolute atomic E-state index is 5.64. The molecule has 1 fully saturated rings. The first-order valence-corrected chi connectivity index (χ1v) is 5.89. The Kier molecular flexibility index (Phi) is 2.35. The van der Waals surface area contributed by atoms with Crippen molar-refractivity contribution in [3.63, 3.8) is 0 Å². The number of hydrogen-bond donors (Lipinski definition) is 1. The summed E-state index contributed by atoms with van der Waals surface area (Å²) in [4.78, 5) is 4.43. The Morgan fingerprint density at radius 1 is 1.35 bits per heavy atom. The quantitative estimate of drug-likeness (QED) is 0.820. The molecule has 1 aromatic heterocycles. The molecule has 88 valence electrons. The van der Waals surface area contributed by atoms with Crippen LogP contribution in [0.15, 0.2) is 28.8 Å². The average Bonchev–Trinajstić information content (AvgIpc) is 2.88. The zero-order chi connectivity index (χ0) is 11.8. The number of nitrogen functional groups attached to an aromatic ring is 1. The topological polar surface area (TPSA) is 64.9 Å². The monoisotopic (exact) mass is 229 g/mol. The van der Waals surface area contributed by atoms with Crippen molar-refractivity contribution in [1.29, 1.82) is 0 Å². The Morgan fingerprint density at radius 3 is 2.71 bits per heavy atom. The van der Waals surface area contributed by atoms with E-state index in [1.54, 1.807) is 0 Å². The molecule has 0 amide bonds. The molecule has 2 atom stereocenters. The minimum absolute atomic E-state index is 0.513. The highest BCUT2D eigenvalue weighted by molar-refractivity contribution is 5.39. The van der Waals surface area contributed by atoms with E-state index in [2.05, 4.69) is 17.1 Å². The molecule has 0 aliphatic heterocycles. The number of nitrogens with two attached hydrogens (primary N) is 1. The number of hydrogen-bond acceptors (Lipinski definition) is 4. The van der Waals surface area contributed by atoms with Gasteiger partial charge in [0.05, 0.1) is 6.42 Å². The van der Waals surface area contributed by atoms with Gasteiger partial charge < -0.3 is 10.3 Å². The number of benzene rings is 1. The Bertz CT molecular complexity index is 518. The van der Waals surface area contributed by atoms with Crippen LogP contribution in [0.5, 0.6) is 0 Å². The van der Waals surface area contributed by atoms with E-state index in [1.807, 2.05) is 24.3 Å². The average molecular weight is 229 g/mol. The predicted octanol–water partition coefficient (Wildman–Crippen LogP) is 2.37. The maximum Gasteiger partial charge on any atom is 0.231 e. The molecule has 0 bridgehead atoms. The Balaban J connectivity index is 1.72. The van der Waals surface area contributed by atoms with Gasteiger partial charge in [0.25, 0.3) is 0 Å². The fourth-order valence-electron chi connectivity index (χ4n) is 1.98. The Morgan fingerprint density at radius 2 is 2.06 bits per heavy atom. The highest BCUT2D eigenvalue weighted by atomic mass is 16.5. The van der Waals surface area contributed by atoms with Crippen molar-refractivity contribution in [2.24, 2.45) is 5.92 Å². The molecule has 3 rings (SSSR count). The normalized spacial score (nSPS) is 22.6. The second kappa shape index (κ2) is 3.87. The van der Waals surface area contributed by atoms with E-state index in [1.165, 1.54) is 6.42 Å². The fourth-order valence-corrected chi connectivity index (χ4v) is 1.98. The van der Waals surface area contributed by atoms with Gasteiger partial charge in [0.15, 0.2) is 5.82 Å². The van der Waals surface area contributed by atoms with Gasteiger partial charge in [0, 0.05) is 11.6 Å². The van der Waals surface area contributed by atoms with Gasteiger partial charge >= 0.3 is 0 Å². The second-order valence-electron chi connectivity index (χ2n) is 4.78. The summed E-state index contributed by atoms with van der Waals surface area (Å²) in [6, 6.07) is 7.74. The van der Waals surface area contributed by atoms with E-state index >= 15 is 0 Å². The van der Waals surface area contributed by atoms with Crippen molar-refractivity contribution in [3.05, 3.63) is 41.5 Å². The summed E-state index contributed by atoms with van der Waals surface area (Å²) in [5.41, 5.74) is 7.54. The first-order valence-electron chi connectivity index (χ1n) is 5.89. The molecule has 2 unspecified atom stereocenters. The number of nitrogens with zero attached hydrogens (tertiary/aromatic N) is 2. The van der Waals surface area contributed by atoms with Crippen LogP contribution in [0.1, 0.15) is 36.5 Å². The van der Waals surface area contributed by atoms with Crippen LogP contribution in [0.3, 0.4) is 0 Å². The third-order valence-corrected chi connectivity index (χ3v) is 3.26. The van der Waals surface area contributed by atoms with Crippen molar-refractivity contribution in [2.75, 3.05) is 5.73 Å². The van der Waals surface area contributed by atoms with Crippen LogP contribution >= 0.6 is 0 Å². The lowest BCUT2D eigenvalue weighted by Crippen LogP contribution is -1.91. The predicted molar refractivity (Wildman–Crippen MR) is 64.5 cm³/mol. The van der Waals surface area contributed by atoms with Gasteiger partial charge in [-0.25, -0.2) is 0 Å². The van der Waals surface area contributed by atoms with Gasteiger partial charge in [0.1, 0.15) is 0 Å². The van der Waals surface area contributed by atoms with Gasteiger partial charge in [-0.05, 0) is 30.0 Å². The standard InChI is InChI=1S/C13H15N3O/c1-8-6-11(8)13-15-12(17-16-13)7-9-2-4-10(14)5-3-9/h2-5,8,11H,6-7,14H2,1H3. The fraction of sp³-hybridized carbons (Fsp3) is 0.385. The molecule has 0 spiro atoms. The van der Waals surface area contributed by atoms with Crippen LogP contribution in [0.25, 0.3) is 0 Å². The first kappa shape index (κ1) is 10.3. The van der Waals surface area contributed by atoms with E-state index in [-0.39, 0.29) is 0 Å². The Hall–Kier alpha value is -1.84. The number of rotatable bonds is 3. The van der Waals surface area contributed by atoms with Gasteiger partial charge in [-0.1, -0.05) is 24.2 Å². The van der Waals surface area contributed by atoms with Crippen molar-refractivity contribution in [2.45, 2.75) is 25.7 Å². The minimum atomic E-state index is 0.513. The number of aromatic nitrogens is 2. The molecule has 4 heteroatoms. The molecule has 1 aliphatic carbocycles. The summed E-state index contributed by atoms with van der Waals surface area (Å²) in [6.45, 7) is 2.21. The third-order valence-electron chi connectivity index (χ3n) is 3.26. The lowest BCUT2D eigenvalue weighted by molar-refractivity contribution is 0.379. The van der Waals surface area contributed by atoms with E-state index in [0.717, 1.165) is 17.1 Å². The van der Waals surface area contributed by atoms with Crippen LogP contribution in [-0.4, -0.2) is 10.1 Å². The van der Waals surface area contributed by atoms with Crippen LogP contribution in [0.2, 0.25) is 0 Å². The van der Waals surface area contributed by atoms with Crippen molar-refractivity contribution < 1.29 is 4.52 Å². The maximum atomic E-state index is 5.64. The van der Waals surface area contributed by atoms with Gasteiger partial charge in [-0.2, -0.15) is 4.98 Å². The minimum Gasteiger partial charge on any atom is -0.399 e. The Labute approximate surface area is 99.8 Å². The van der Waals surface area contributed by atoms with Crippen LogP contribution in [0.4, 0.5) is 5.69 Å². The largest absolute Gasteiger partial charge is 0.399 e. The molecule has 1 aromatic carbocycles. The summed E-state index contributed by atoms with van der Waals surface area (Å²) in [5, 5.41) is 4.03. The van der Waals surface area contributed by atoms with Crippen LogP contribution < -0.4 is 5.73 Å². The molecule has 0 saturated heterocycles.